The Kier molecular flexibility index (Phi) is 1.70. The number of carboxylic acids is 1. The van der Waals surface area contributed by atoms with E-state index in [0.717, 1.165) is 5.56 Å². The number of rotatable bonds is 1. The Labute approximate surface area is 75.0 Å². The molecule has 0 atom stereocenters. The van der Waals surface area contributed by atoms with Crippen molar-refractivity contribution in [1.82, 2.24) is 4.98 Å². The van der Waals surface area contributed by atoms with Crippen LogP contribution in [0.2, 0.25) is 0 Å². The summed E-state index contributed by atoms with van der Waals surface area (Å²) in [6, 6.07) is 10.8. The molecule has 64 valence electrons. The molecule has 0 radical (unpaired) electrons. The van der Waals surface area contributed by atoms with E-state index in [4.69, 9.17) is 5.11 Å². The molecule has 0 aromatic carbocycles. The molecule has 0 spiro atoms. The summed E-state index contributed by atoms with van der Waals surface area (Å²) >= 11 is 0. The molecule has 0 aromatic rings. The van der Waals surface area contributed by atoms with Crippen LogP contribution in [0, 0.1) is 0 Å². The Balaban J connectivity index is 2.64. The average Bonchev–Trinajstić information content (AvgIpc) is 2.38. The van der Waals surface area contributed by atoms with Gasteiger partial charge in [-0.3, -0.25) is 0 Å². The SMILES string of the molecule is O=C(O)c1cc2cccccc-2n1. The first-order valence-corrected chi connectivity index (χ1v) is 3.86. The van der Waals surface area contributed by atoms with Gasteiger partial charge >= 0.3 is 5.97 Å². The maximum atomic E-state index is 10.6. The van der Waals surface area contributed by atoms with Gasteiger partial charge in [-0.25, -0.2) is 9.78 Å². The predicted octanol–water partition coefficient (Wildman–Crippen LogP) is 1.88. The third kappa shape index (κ3) is 1.36. The monoisotopic (exact) mass is 173 g/mol. The molecule has 0 aromatic heterocycles. The lowest BCUT2D eigenvalue weighted by Crippen LogP contribution is -1.94. The Morgan fingerprint density at radius 3 is 2.77 bits per heavy atom. The van der Waals surface area contributed by atoms with Crippen LogP contribution in [0.15, 0.2) is 36.4 Å². The molecule has 1 aliphatic heterocycles. The lowest BCUT2D eigenvalue weighted by Gasteiger charge is -1.83. The van der Waals surface area contributed by atoms with E-state index < -0.39 is 5.97 Å². The predicted molar refractivity (Wildman–Crippen MR) is 47.8 cm³/mol. The number of fused-ring (bicyclic) bond motifs is 1. The van der Waals surface area contributed by atoms with Crippen molar-refractivity contribution in [1.29, 1.82) is 0 Å². The molecule has 0 saturated carbocycles. The zero-order valence-electron chi connectivity index (χ0n) is 6.77. The number of carbonyl (C=O) groups is 1. The van der Waals surface area contributed by atoms with Crippen LogP contribution < -0.4 is 0 Å². The maximum absolute atomic E-state index is 10.6. The number of carboxylic acid groups (broad SMARTS) is 1. The normalized spacial score (nSPS) is 10.2. The molecule has 1 heterocycles. The lowest BCUT2D eigenvalue weighted by atomic mass is 10.2. The first-order chi connectivity index (χ1) is 6.27. The van der Waals surface area contributed by atoms with Crippen molar-refractivity contribution in [2.24, 2.45) is 0 Å². The van der Waals surface area contributed by atoms with Gasteiger partial charge in [0, 0.05) is 5.56 Å². The van der Waals surface area contributed by atoms with Gasteiger partial charge in [0.1, 0.15) is 5.69 Å². The third-order valence-electron chi connectivity index (χ3n) is 1.80. The molecular weight excluding hydrogens is 166 g/mol. The Morgan fingerprint density at radius 1 is 1.23 bits per heavy atom. The van der Waals surface area contributed by atoms with Gasteiger partial charge in [0.05, 0.1) is 5.69 Å². The number of aromatic carboxylic acids is 1. The van der Waals surface area contributed by atoms with Crippen molar-refractivity contribution in [3.05, 3.63) is 42.1 Å². The maximum Gasteiger partial charge on any atom is 0.354 e. The molecule has 2 rings (SSSR count). The molecule has 3 heteroatoms. The Bertz CT molecular complexity index is 395. The minimum absolute atomic E-state index is 0.0983. The highest BCUT2D eigenvalue weighted by molar-refractivity contribution is 5.88. The van der Waals surface area contributed by atoms with Crippen LogP contribution in [0.5, 0.6) is 0 Å². The van der Waals surface area contributed by atoms with E-state index in [1.807, 2.05) is 24.3 Å². The molecule has 3 nitrogen and oxygen atoms in total. The summed E-state index contributed by atoms with van der Waals surface area (Å²) in [5.74, 6) is -0.987. The summed E-state index contributed by atoms with van der Waals surface area (Å²) in [6.07, 6.45) is 0. The van der Waals surface area contributed by atoms with Gasteiger partial charge in [0.25, 0.3) is 0 Å². The fourth-order valence-electron chi connectivity index (χ4n) is 1.19. The molecular formula is C10H7NO2. The van der Waals surface area contributed by atoms with Crippen LogP contribution in [0.3, 0.4) is 0 Å². The van der Waals surface area contributed by atoms with E-state index in [2.05, 4.69) is 4.98 Å². The molecule has 0 saturated heterocycles. The minimum atomic E-state index is -0.987. The molecule has 1 N–H and O–H groups in total. The van der Waals surface area contributed by atoms with Crippen molar-refractivity contribution in [2.45, 2.75) is 0 Å². The summed E-state index contributed by atoms with van der Waals surface area (Å²) in [6.45, 7) is 0. The van der Waals surface area contributed by atoms with Crippen LogP contribution in [-0.4, -0.2) is 16.1 Å². The van der Waals surface area contributed by atoms with Crippen molar-refractivity contribution < 1.29 is 9.90 Å². The van der Waals surface area contributed by atoms with Gasteiger partial charge in [0.15, 0.2) is 0 Å². The fraction of sp³-hybridized carbons (Fsp3) is 0. The standard InChI is InChI=1S/C10H7NO2/c12-10(13)9-6-7-4-2-1-3-5-8(7)11-9/h1-6H,(H,12,13). The summed E-state index contributed by atoms with van der Waals surface area (Å²) in [7, 11) is 0. The van der Waals surface area contributed by atoms with E-state index in [-0.39, 0.29) is 5.69 Å². The second-order valence-corrected chi connectivity index (χ2v) is 2.70. The second kappa shape index (κ2) is 2.86. The molecule has 2 aliphatic rings. The summed E-state index contributed by atoms with van der Waals surface area (Å²) in [5.41, 5.74) is 1.66. The van der Waals surface area contributed by atoms with E-state index in [1.54, 1.807) is 12.1 Å². The van der Waals surface area contributed by atoms with E-state index in [9.17, 15) is 4.79 Å². The smallest absolute Gasteiger partial charge is 0.354 e. The zero-order valence-corrected chi connectivity index (χ0v) is 6.77. The van der Waals surface area contributed by atoms with Crippen LogP contribution >= 0.6 is 0 Å². The van der Waals surface area contributed by atoms with Gasteiger partial charge in [-0.15, -0.1) is 0 Å². The van der Waals surface area contributed by atoms with Gasteiger partial charge < -0.3 is 5.11 Å². The first kappa shape index (κ1) is 7.73. The van der Waals surface area contributed by atoms with Gasteiger partial charge in [-0.1, -0.05) is 24.3 Å². The van der Waals surface area contributed by atoms with Crippen molar-refractivity contribution in [3.8, 4) is 11.3 Å². The van der Waals surface area contributed by atoms with Crippen LogP contribution in [-0.2, 0) is 0 Å². The molecule has 1 aliphatic carbocycles. The fourth-order valence-corrected chi connectivity index (χ4v) is 1.19. The van der Waals surface area contributed by atoms with Crippen molar-refractivity contribution >= 4 is 5.97 Å². The zero-order chi connectivity index (χ0) is 9.26. The number of hydrogen-bond acceptors (Lipinski definition) is 2. The molecule has 0 fully saturated rings. The van der Waals surface area contributed by atoms with E-state index in [0.29, 0.717) is 5.69 Å². The molecule has 0 amide bonds. The second-order valence-electron chi connectivity index (χ2n) is 2.70. The lowest BCUT2D eigenvalue weighted by molar-refractivity contribution is 0.0691. The van der Waals surface area contributed by atoms with Gasteiger partial charge in [-0.05, 0) is 12.1 Å². The highest BCUT2D eigenvalue weighted by Crippen LogP contribution is 2.20. The van der Waals surface area contributed by atoms with Crippen LogP contribution in [0.25, 0.3) is 11.3 Å². The molecule has 0 unspecified atom stereocenters. The topological polar surface area (TPSA) is 50.2 Å². The van der Waals surface area contributed by atoms with Crippen LogP contribution in [0.1, 0.15) is 10.5 Å². The number of hydrogen-bond donors (Lipinski definition) is 1. The van der Waals surface area contributed by atoms with Gasteiger partial charge in [-0.2, -0.15) is 0 Å². The quantitative estimate of drug-likeness (QED) is 0.716. The summed E-state index contributed by atoms with van der Waals surface area (Å²) in [5, 5.41) is 8.69. The Hall–Kier alpha value is -1.90. The summed E-state index contributed by atoms with van der Waals surface area (Å²) < 4.78 is 0. The van der Waals surface area contributed by atoms with Crippen LogP contribution in [0.4, 0.5) is 0 Å². The highest BCUT2D eigenvalue weighted by atomic mass is 16.4. The Morgan fingerprint density at radius 2 is 2.00 bits per heavy atom. The minimum Gasteiger partial charge on any atom is -0.477 e. The van der Waals surface area contributed by atoms with E-state index >= 15 is 0 Å². The molecule has 0 bridgehead atoms. The average molecular weight is 173 g/mol. The number of nitrogens with zero attached hydrogens (tertiary/aromatic N) is 1. The first-order valence-electron chi connectivity index (χ1n) is 3.86. The highest BCUT2D eigenvalue weighted by Gasteiger charge is 2.11. The number of aromatic nitrogens is 1. The molecule has 13 heavy (non-hydrogen) atoms. The van der Waals surface area contributed by atoms with Gasteiger partial charge in [0.2, 0.25) is 0 Å². The third-order valence-corrected chi connectivity index (χ3v) is 1.80. The largest absolute Gasteiger partial charge is 0.477 e. The summed E-state index contributed by atoms with van der Waals surface area (Å²) in [4.78, 5) is 14.5. The van der Waals surface area contributed by atoms with Crippen molar-refractivity contribution in [3.63, 3.8) is 0 Å². The van der Waals surface area contributed by atoms with E-state index in [1.165, 1.54) is 0 Å². The van der Waals surface area contributed by atoms with Crippen molar-refractivity contribution in [2.75, 3.05) is 0 Å².